The van der Waals surface area contributed by atoms with Gasteiger partial charge < -0.3 is 29.5 Å². The molecule has 3 N–H and O–H groups in total. The molecule has 12 nitrogen and oxygen atoms in total. The van der Waals surface area contributed by atoms with Crippen LogP contribution in [0.25, 0.3) is 0 Å². The van der Waals surface area contributed by atoms with E-state index in [2.05, 4.69) is 0 Å². The van der Waals surface area contributed by atoms with Gasteiger partial charge >= 0.3 is 17.1 Å². The Hall–Kier alpha value is -1.83. The lowest BCUT2D eigenvalue weighted by Crippen LogP contribution is -2.59. The van der Waals surface area contributed by atoms with Crippen molar-refractivity contribution in [1.82, 2.24) is 13.7 Å². The Morgan fingerprint density at radius 2 is 1.27 bits per heavy atom. The predicted molar refractivity (Wildman–Crippen MR) is 100 cm³/mol. The van der Waals surface area contributed by atoms with Crippen molar-refractivity contribution in [3.05, 3.63) is 31.5 Å². The Bertz CT molecular complexity index is 881. The van der Waals surface area contributed by atoms with Crippen LogP contribution in [0.15, 0.2) is 14.4 Å². The van der Waals surface area contributed by atoms with Gasteiger partial charge in [0, 0.05) is 12.8 Å². The average Bonchev–Trinajstić information content (AvgIpc) is 3.52. The van der Waals surface area contributed by atoms with Gasteiger partial charge in [-0.2, -0.15) is 0 Å². The Morgan fingerprint density at radius 1 is 0.833 bits per heavy atom. The van der Waals surface area contributed by atoms with Crippen LogP contribution in [0, 0.1) is 0 Å². The zero-order chi connectivity index (χ0) is 21.5. The molecule has 4 atom stereocenters. The lowest BCUT2D eigenvalue weighted by Gasteiger charge is -2.36. The predicted octanol–water partition coefficient (Wildman–Crippen LogP) is -3.20. The summed E-state index contributed by atoms with van der Waals surface area (Å²) in [5.74, 6) is 0. The number of aromatic nitrogens is 3. The van der Waals surface area contributed by atoms with Gasteiger partial charge in [0.2, 0.25) is 0 Å². The van der Waals surface area contributed by atoms with Gasteiger partial charge in [-0.3, -0.25) is 0 Å². The quantitative estimate of drug-likeness (QED) is 0.290. The zero-order valence-electron chi connectivity index (χ0n) is 16.5. The second-order valence-electron chi connectivity index (χ2n) is 8.10. The third-order valence-electron chi connectivity index (χ3n) is 5.77. The largest absolute Gasteiger partial charge is 0.395 e. The Morgan fingerprint density at radius 3 is 1.63 bits per heavy atom. The molecule has 0 saturated carbocycles. The lowest BCUT2D eigenvalue weighted by molar-refractivity contribution is -0.0469. The van der Waals surface area contributed by atoms with Crippen LogP contribution in [-0.2, 0) is 27.3 Å². The monoisotopic (exact) mass is 429 g/mol. The van der Waals surface area contributed by atoms with E-state index in [9.17, 15) is 29.7 Å². The van der Waals surface area contributed by atoms with Gasteiger partial charge in [-0.15, -0.1) is 0 Å². The first-order valence-electron chi connectivity index (χ1n) is 10.1. The van der Waals surface area contributed by atoms with E-state index in [4.69, 9.17) is 14.2 Å². The van der Waals surface area contributed by atoms with Gasteiger partial charge in [0.05, 0.1) is 76.1 Å². The van der Waals surface area contributed by atoms with Crippen LogP contribution < -0.4 is 17.1 Å². The van der Waals surface area contributed by atoms with Gasteiger partial charge in [0.15, 0.2) is 0 Å². The molecule has 3 aliphatic rings. The molecule has 4 unspecified atom stereocenters. The molecule has 4 heterocycles. The molecule has 3 fully saturated rings. The summed E-state index contributed by atoms with van der Waals surface area (Å²) in [7, 11) is 0. The van der Waals surface area contributed by atoms with Gasteiger partial charge in [0.1, 0.15) is 0 Å². The second-order valence-corrected chi connectivity index (χ2v) is 8.10. The van der Waals surface area contributed by atoms with Gasteiger partial charge in [0.25, 0.3) is 0 Å². The van der Waals surface area contributed by atoms with Crippen molar-refractivity contribution in [1.29, 1.82) is 0 Å². The molecule has 30 heavy (non-hydrogen) atoms. The number of epoxide rings is 3. The SMILES string of the molecule is O=c1n(CCO)c(=O)n(C(CC2CO2)C(O)(CC2CO2)CC2CO2)c(=O)n1CCO. The van der Waals surface area contributed by atoms with Crippen LogP contribution >= 0.6 is 0 Å². The highest BCUT2D eigenvalue weighted by Gasteiger charge is 2.50. The smallest absolute Gasteiger partial charge is 0.336 e. The molecule has 12 heteroatoms. The molecule has 0 aromatic carbocycles. The second kappa shape index (κ2) is 8.36. The molecule has 3 saturated heterocycles. The van der Waals surface area contributed by atoms with Crippen molar-refractivity contribution in [2.45, 2.75) is 62.3 Å². The maximum absolute atomic E-state index is 13.2. The molecule has 4 rings (SSSR count). The first-order valence-corrected chi connectivity index (χ1v) is 10.1. The van der Waals surface area contributed by atoms with E-state index in [0.29, 0.717) is 19.8 Å². The number of rotatable bonds is 12. The molecule has 1 aromatic heterocycles. The standard InChI is InChI=1S/C18H27N3O9/c22-3-1-19-15(24)20(2-4-23)17(26)21(16(19)25)14(5-11-8-28-11)18(27,6-12-9-29-12)7-13-10-30-13/h11-14,22-23,27H,1-10H2. The molecule has 0 radical (unpaired) electrons. The third-order valence-corrected chi connectivity index (χ3v) is 5.77. The van der Waals surface area contributed by atoms with E-state index in [1.54, 1.807) is 0 Å². The van der Waals surface area contributed by atoms with Gasteiger partial charge in [-0.25, -0.2) is 28.1 Å². The van der Waals surface area contributed by atoms with Crippen LogP contribution in [0.2, 0.25) is 0 Å². The normalized spacial score (nSPS) is 27.5. The van der Waals surface area contributed by atoms with Crippen molar-refractivity contribution in [2.24, 2.45) is 0 Å². The maximum Gasteiger partial charge on any atom is 0.336 e. The molecule has 1 aromatic rings. The summed E-state index contributed by atoms with van der Waals surface area (Å²) in [6, 6.07) is -0.992. The summed E-state index contributed by atoms with van der Waals surface area (Å²) >= 11 is 0. The molecule has 0 amide bonds. The molecule has 168 valence electrons. The minimum Gasteiger partial charge on any atom is -0.395 e. The number of hydrogen-bond acceptors (Lipinski definition) is 9. The lowest BCUT2D eigenvalue weighted by atomic mass is 9.82. The topological polar surface area (TPSA) is 164 Å². The van der Waals surface area contributed by atoms with Crippen molar-refractivity contribution >= 4 is 0 Å². The molecule has 0 bridgehead atoms. The summed E-state index contributed by atoms with van der Waals surface area (Å²) in [5, 5.41) is 30.3. The van der Waals surface area contributed by atoms with E-state index in [1.807, 2.05) is 0 Å². The highest BCUT2D eigenvalue weighted by molar-refractivity contribution is 5.01. The van der Waals surface area contributed by atoms with E-state index >= 15 is 0 Å². The van der Waals surface area contributed by atoms with E-state index in [1.165, 1.54) is 0 Å². The fourth-order valence-electron chi connectivity index (χ4n) is 4.03. The number of nitrogens with zero attached hydrogens (tertiary/aromatic N) is 3. The molecular weight excluding hydrogens is 402 g/mol. The van der Waals surface area contributed by atoms with Crippen molar-refractivity contribution in [3.8, 4) is 0 Å². The Kier molecular flexibility index (Phi) is 5.97. The van der Waals surface area contributed by atoms with E-state index < -0.39 is 41.9 Å². The fraction of sp³-hybridized carbons (Fsp3) is 0.833. The van der Waals surface area contributed by atoms with E-state index in [-0.39, 0.29) is 50.7 Å². The molecule has 0 spiro atoms. The molecule has 3 aliphatic heterocycles. The van der Waals surface area contributed by atoms with Crippen LogP contribution in [0.5, 0.6) is 0 Å². The Balaban J connectivity index is 1.86. The highest BCUT2D eigenvalue weighted by Crippen LogP contribution is 2.41. The minimum atomic E-state index is -1.50. The molecule has 0 aliphatic carbocycles. The summed E-state index contributed by atoms with van der Waals surface area (Å²) < 4.78 is 18.3. The number of ether oxygens (including phenoxy) is 3. The van der Waals surface area contributed by atoms with Crippen LogP contribution in [-0.4, -0.2) is 86.0 Å². The van der Waals surface area contributed by atoms with Crippen LogP contribution in [0.3, 0.4) is 0 Å². The van der Waals surface area contributed by atoms with Gasteiger partial charge in [-0.05, 0) is 6.42 Å². The Labute approximate surface area is 170 Å². The van der Waals surface area contributed by atoms with Crippen molar-refractivity contribution in [3.63, 3.8) is 0 Å². The first kappa shape index (κ1) is 21.4. The zero-order valence-corrected chi connectivity index (χ0v) is 16.5. The number of aliphatic hydroxyl groups is 3. The van der Waals surface area contributed by atoms with E-state index in [0.717, 1.165) is 13.7 Å². The number of hydrogen-bond donors (Lipinski definition) is 3. The average molecular weight is 429 g/mol. The summed E-state index contributed by atoms with van der Waals surface area (Å²) in [6.45, 7) is -0.194. The number of aliphatic hydroxyl groups excluding tert-OH is 2. The van der Waals surface area contributed by atoms with Crippen LogP contribution in [0.1, 0.15) is 25.3 Å². The van der Waals surface area contributed by atoms with Crippen LogP contribution in [0.4, 0.5) is 0 Å². The van der Waals surface area contributed by atoms with Gasteiger partial charge in [-0.1, -0.05) is 0 Å². The fourth-order valence-corrected chi connectivity index (χ4v) is 4.03. The van der Waals surface area contributed by atoms with Crippen molar-refractivity contribution in [2.75, 3.05) is 33.0 Å². The minimum absolute atomic E-state index is 0.185. The molecular formula is C18H27N3O9. The summed E-state index contributed by atoms with van der Waals surface area (Å²) in [5.41, 5.74) is -4.24. The maximum atomic E-state index is 13.2. The summed E-state index contributed by atoms with van der Waals surface area (Å²) in [6.07, 6.45) is 0.00855. The third kappa shape index (κ3) is 4.43. The first-order chi connectivity index (χ1) is 14.4. The van der Waals surface area contributed by atoms with Crippen molar-refractivity contribution < 1.29 is 29.5 Å². The highest BCUT2D eigenvalue weighted by atomic mass is 16.6. The summed E-state index contributed by atoms with van der Waals surface area (Å²) in [4.78, 5) is 38.9.